The van der Waals surface area contributed by atoms with Crippen molar-refractivity contribution in [1.29, 1.82) is 0 Å². The molecule has 1 atom stereocenters. The molecule has 1 aromatic rings. The van der Waals surface area contributed by atoms with Crippen molar-refractivity contribution in [3.63, 3.8) is 0 Å². The molecule has 0 amide bonds. The van der Waals surface area contributed by atoms with Crippen LogP contribution in [0.25, 0.3) is 0 Å². The molecule has 0 saturated carbocycles. The van der Waals surface area contributed by atoms with Crippen LogP contribution in [0.2, 0.25) is 0 Å². The van der Waals surface area contributed by atoms with Crippen molar-refractivity contribution in [3.8, 4) is 0 Å². The van der Waals surface area contributed by atoms with Crippen molar-refractivity contribution in [3.05, 3.63) is 28.2 Å². The van der Waals surface area contributed by atoms with Gasteiger partial charge in [0.2, 0.25) is 10.0 Å². The zero-order valence-electron chi connectivity index (χ0n) is 11.3. The first-order chi connectivity index (χ1) is 9.90. The second-order valence-corrected chi connectivity index (χ2v) is 7.69. The fraction of sp³-hybridized carbons (Fsp3) is 0.538. The van der Waals surface area contributed by atoms with E-state index in [-0.39, 0.29) is 11.0 Å². The van der Waals surface area contributed by atoms with Crippen LogP contribution < -0.4 is 10.0 Å². The first-order valence-electron chi connectivity index (χ1n) is 6.75. The molecule has 0 aliphatic carbocycles. The monoisotopic (exact) mass is 382 g/mol. The van der Waals surface area contributed by atoms with Crippen LogP contribution in [0.1, 0.15) is 19.3 Å². The molecule has 0 radical (unpaired) electrons. The minimum Gasteiger partial charge on any atom is -0.316 e. The summed E-state index contributed by atoms with van der Waals surface area (Å²) in [6.45, 7) is 2.11. The molecule has 1 saturated heterocycles. The Morgan fingerprint density at radius 1 is 1.33 bits per heavy atom. The van der Waals surface area contributed by atoms with Crippen molar-refractivity contribution in [2.75, 3.05) is 19.6 Å². The minimum absolute atomic E-state index is 0.0826. The Bertz CT molecular complexity index is 604. The first-order valence-corrected chi connectivity index (χ1v) is 9.02. The van der Waals surface area contributed by atoms with Crippen LogP contribution >= 0.6 is 15.9 Å². The third-order valence-corrected chi connectivity index (χ3v) is 5.59. The summed E-state index contributed by atoms with van der Waals surface area (Å²) in [6, 6.07) is 1.50. The normalized spacial score (nSPS) is 19.7. The number of sulfonamides is 1. The number of benzene rings is 1. The summed E-state index contributed by atoms with van der Waals surface area (Å²) in [5.74, 6) is -1.51. The Morgan fingerprint density at radius 3 is 2.76 bits per heavy atom. The fourth-order valence-electron chi connectivity index (χ4n) is 2.36. The van der Waals surface area contributed by atoms with E-state index < -0.39 is 26.6 Å². The topological polar surface area (TPSA) is 58.2 Å². The van der Waals surface area contributed by atoms with Crippen LogP contribution in [0, 0.1) is 17.6 Å². The average Bonchev–Trinajstić information content (AvgIpc) is 2.43. The molecule has 21 heavy (non-hydrogen) atoms. The van der Waals surface area contributed by atoms with E-state index in [1.165, 1.54) is 0 Å². The van der Waals surface area contributed by atoms with Gasteiger partial charge in [0.25, 0.3) is 0 Å². The zero-order chi connectivity index (χ0) is 15.5. The predicted octanol–water partition coefficient (Wildman–Crippen LogP) is 2.40. The highest BCUT2D eigenvalue weighted by Crippen LogP contribution is 2.23. The lowest BCUT2D eigenvalue weighted by atomic mass is 9.96. The number of piperidine rings is 1. The van der Waals surface area contributed by atoms with Gasteiger partial charge < -0.3 is 5.32 Å². The molecule has 1 unspecified atom stereocenters. The van der Waals surface area contributed by atoms with E-state index in [1.807, 2.05) is 0 Å². The SMILES string of the molecule is O=S(=O)(NCCC1CCCNC1)c1cc(Br)c(F)cc1F. The van der Waals surface area contributed by atoms with E-state index in [1.54, 1.807) is 0 Å². The van der Waals surface area contributed by atoms with E-state index in [0.29, 0.717) is 18.4 Å². The molecule has 1 aliphatic heterocycles. The van der Waals surface area contributed by atoms with Crippen LogP contribution in [0.3, 0.4) is 0 Å². The van der Waals surface area contributed by atoms with Gasteiger partial charge in [-0.1, -0.05) is 0 Å². The lowest BCUT2D eigenvalue weighted by Crippen LogP contribution is -2.33. The maximum atomic E-state index is 13.6. The molecule has 0 spiro atoms. The van der Waals surface area contributed by atoms with Gasteiger partial charge >= 0.3 is 0 Å². The molecular formula is C13H17BrF2N2O2S. The highest BCUT2D eigenvalue weighted by molar-refractivity contribution is 9.10. The molecule has 1 aromatic carbocycles. The van der Waals surface area contributed by atoms with Crippen molar-refractivity contribution in [2.45, 2.75) is 24.2 Å². The summed E-state index contributed by atoms with van der Waals surface area (Å²) < 4.78 is 53.1. The highest BCUT2D eigenvalue weighted by Gasteiger charge is 2.22. The second-order valence-electron chi connectivity index (χ2n) is 5.10. The van der Waals surface area contributed by atoms with Gasteiger partial charge in [0.1, 0.15) is 16.5 Å². The van der Waals surface area contributed by atoms with E-state index in [9.17, 15) is 17.2 Å². The quantitative estimate of drug-likeness (QED) is 0.768. The lowest BCUT2D eigenvalue weighted by molar-refractivity contribution is 0.358. The Kier molecular flexibility index (Phi) is 5.70. The van der Waals surface area contributed by atoms with Crippen LogP contribution in [-0.2, 0) is 10.0 Å². The van der Waals surface area contributed by atoms with Gasteiger partial charge in [-0.05, 0) is 60.3 Å². The number of hydrogen-bond acceptors (Lipinski definition) is 3. The van der Waals surface area contributed by atoms with E-state index in [0.717, 1.165) is 32.0 Å². The average molecular weight is 383 g/mol. The number of nitrogens with one attached hydrogen (secondary N) is 2. The van der Waals surface area contributed by atoms with E-state index >= 15 is 0 Å². The molecule has 0 aromatic heterocycles. The Balaban J connectivity index is 1.99. The summed E-state index contributed by atoms with van der Waals surface area (Å²) in [5.41, 5.74) is 0. The number of rotatable bonds is 5. The number of halogens is 3. The lowest BCUT2D eigenvalue weighted by Gasteiger charge is -2.22. The van der Waals surface area contributed by atoms with Crippen LogP contribution in [0.5, 0.6) is 0 Å². The van der Waals surface area contributed by atoms with Crippen molar-refractivity contribution < 1.29 is 17.2 Å². The van der Waals surface area contributed by atoms with Gasteiger partial charge in [-0.3, -0.25) is 0 Å². The second kappa shape index (κ2) is 7.13. The summed E-state index contributed by atoms with van der Waals surface area (Å²) in [4.78, 5) is -0.544. The predicted molar refractivity (Wildman–Crippen MR) is 79.5 cm³/mol. The van der Waals surface area contributed by atoms with Crippen LogP contribution in [0.15, 0.2) is 21.5 Å². The van der Waals surface area contributed by atoms with Gasteiger partial charge in [0.05, 0.1) is 4.47 Å². The van der Waals surface area contributed by atoms with Gasteiger partial charge in [-0.2, -0.15) is 0 Å². The van der Waals surface area contributed by atoms with E-state index in [4.69, 9.17) is 0 Å². The van der Waals surface area contributed by atoms with Gasteiger partial charge in [-0.25, -0.2) is 21.9 Å². The summed E-state index contributed by atoms with van der Waals surface area (Å²) in [6.07, 6.45) is 2.83. The molecule has 1 aliphatic rings. The molecule has 2 N–H and O–H groups in total. The summed E-state index contributed by atoms with van der Waals surface area (Å²) in [5, 5.41) is 3.25. The molecule has 118 valence electrons. The van der Waals surface area contributed by atoms with Gasteiger partial charge in [0.15, 0.2) is 0 Å². The number of hydrogen-bond donors (Lipinski definition) is 2. The molecule has 1 fully saturated rings. The Hall–Kier alpha value is -0.570. The van der Waals surface area contributed by atoms with Crippen LogP contribution in [0.4, 0.5) is 8.78 Å². The van der Waals surface area contributed by atoms with Crippen molar-refractivity contribution in [1.82, 2.24) is 10.0 Å². The standard InChI is InChI=1S/C13H17BrF2N2O2S/c14-10-6-13(12(16)7-11(10)15)21(19,20)18-5-3-9-2-1-4-17-8-9/h6-7,9,17-18H,1-5,8H2. The fourth-order valence-corrected chi connectivity index (χ4v) is 3.98. The van der Waals surface area contributed by atoms with E-state index in [2.05, 4.69) is 26.0 Å². The third-order valence-electron chi connectivity index (χ3n) is 3.51. The maximum Gasteiger partial charge on any atom is 0.243 e. The van der Waals surface area contributed by atoms with Gasteiger partial charge in [-0.15, -0.1) is 0 Å². The third kappa shape index (κ3) is 4.45. The molecule has 2 rings (SSSR count). The Morgan fingerprint density at radius 2 is 2.10 bits per heavy atom. The molecule has 0 bridgehead atoms. The maximum absolute atomic E-state index is 13.6. The first kappa shape index (κ1) is 16.8. The Labute approximate surface area is 131 Å². The van der Waals surface area contributed by atoms with Gasteiger partial charge in [0, 0.05) is 12.6 Å². The highest BCUT2D eigenvalue weighted by atomic mass is 79.9. The van der Waals surface area contributed by atoms with Crippen molar-refractivity contribution in [2.24, 2.45) is 5.92 Å². The molecule has 4 nitrogen and oxygen atoms in total. The molecule has 1 heterocycles. The minimum atomic E-state index is -3.97. The zero-order valence-corrected chi connectivity index (χ0v) is 13.7. The molecule has 8 heteroatoms. The van der Waals surface area contributed by atoms with Crippen molar-refractivity contribution >= 4 is 26.0 Å². The van der Waals surface area contributed by atoms with Crippen LogP contribution in [-0.4, -0.2) is 28.1 Å². The summed E-state index contributed by atoms with van der Waals surface area (Å²) >= 11 is 2.86. The summed E-state index contributed by atoms with van der Waals surface area (Å²) in [7, 11) is -3.97. The smallest absolute Gasteiger partial charge is 0.243 e. The largest absolute Gasteiger partial charge is 0.316 e. The molecular weight excluding hydrogens is 366 g/mol.